The van der Waals surface area contributed by atoms with E-state index < -0.39 is 88.2 Å². The van der Waals surface area contributed by atoms with Crippen LogP contribution in [0, 0.1) is 22.7 Å². The summed E-state index contributed by atoms with van der Waals surface area (Å²) < 4.78 is 17.0. The van der Waals surface area contributed by atoms with Gasteiger partial charge in [-0.2, -0.15) is 0 Å². The Bertz CT molecular complexity index is 1090. The van der Waals surface area contributed by atoms with Crippen LogP contribution in [0.15, 0.2) is 11.1 Å². The number of ketones is 1. The summed E-state index contributed by atoms with van der Waals surface area (Å²) >= 11 is 0. The molecule has 39 heavy (non-hydrogen) atoms. The Morgan fingerprint density at radius 2 is 1.79 bits per heavy atom. The first kappa shape index (κ1) is 30.1. The van der Waals surface area contributed by atoms with E-state index in [4.69, 9.17) is 14.2 Å². The SMILES string of the molecule is CNC(C)C(O)C(=O)OC1CC2(O)C(C)C3[C@]4(O)COC4CC(O)[C@@]3(C)C(=O)C(OC(C)=O)C(=C1C)C2(C)C. The van der Waals surface area contributed by atoms with Crippen LogP contribution in [-0.2, 0) is 28.6 Å². The number of rotatable bonds is 5. The highest BCUT2D eigenvalue weighted by Gasteiger charge is 2.74. The van der Waals surface area contributed by atoms with Crippen LogP contribution in [0.2, 0.25) is 0 Å². The highest BCUT2D eigenvalue weighted by atomic mass is 16.6. The van der Waals surface area contributed by atoms with E-state index >= 15 is 0 Å². The predicted molar refractivity (Wildman–Crippen MR) is 137 cm³/mol. The van der Waals surface area contributed by atoms with Crippen molar-refractivity contribution in [2.24, 2.45) is 22.7 Å². The average molecular weight is 554 g/mol. The molecule has 0 amide bonds. The van der Waals surface area contributed by atoms with Gasteiger partial charge in [-0.1, -0.05) is 20.8 Å². The Morgan fingerprint density at radius 3 is 2.31 bits per heavy atom. The third kappa shape index (κ3) is 4.03. The monoisotopic (exact) mass is 553 g/mol. The molecule has 11 atom stereocenters. The lowest BCUT2D eigenvalue weighted by Gasteiger charge is -2.67. The van der Waals surface area contributed by atoms with Crippen molar-refractivity contribution in [1.82, 2.24) is 5.32 Å². The van der Waals surface area contributed by atoms with Crippen molar-refractivity contribution >= 4 is 17.7 Å². The van der Waals surface area contributed by atoms with Crippen molar-refractivity contribution in [1.29, 1.82) is 0 Å². The fourth-order valence-corrected chi connectivity index (χ4v) is 7.93. The number of hydrogen-bond acceptors (Lipinski definition) is 11. The molecule has 4 rings (SSSR count). The topological polar surface area (TPSA) is 172 Å². The third-order valence-electron chi connectivity index (χ3n) is 10.5. The maximum absolute atomic E-state index is 14.5. The van der Waals surface area contributed by atoms with Gasteiger partial charge in [0.15, 0.2) is 18.0 Å². The summed E-state index contributed by atoms with van der Waals surface area (Å²) in [4.78, 5) is 39.8. The van der Waals surface area contributed by atoms with Crippen molar-refractivity contribution in [3.63, 3.8) is 0 Å². The molecule has 2 bridgehead atoms. The zero-order chi connectivity index (χ0) is 29.5. The highest BCUT2D eigenvalue weighted by molar-refractivity contribution is 5.95. The number of aliphatic hydroxyl groups excluding tert-OH is 2. The number of aliphatic hydroxyl groups is 4. The second-order valence-corrected chi connectivity index (χ2v) is 12.7. The molecule has 0 aromatic heterocycles. The Kier molecular flexibility index (Phi) is 7.40. The van der Waals surface area contributed by atoms with Gasteiger partial charge in [0.1, 0.15) is 11.7 Å². The smallest absolute Gasteiger partial charge is 0.337 e. The summed E-state index contributed by atoms with van der Waals surface area (Å²) in [6.07, 6.45) is -6.12. The number of carbonyl (C=O) groups is 3. The largest absolute Gasteiger partial charge is 0.456 e. The number of likely N-dealkylation sites (N-methyl/N-ethyl adjacent to an activating group) is 1. The first-order chi connectivity index (χ1) is 17.9. The van der Waals surface area contributed by atoms with Gasteiger partial charge >= 0.3 is 11.9 Å². The van der Waals surface area contributed by atoms with Gasteiger partial charge in [-0.3, -0.25) is 9.59 Å². The summed E-state index contributed by atoms with van der Waals surface area (Å²) in [7, 11) is 1.59. The summed E-state index contributed by atoms with van der Waals surface area (Å²) in [6, 6.07) is -0.609. The molecule has 3 fully saturated rings. The van der Waals surface area contributed by atoms with Crippen molar-refractivity contribution in [3.05, 3.63) is 11.1 Å². The molecule has 2 saturated carbocycles. The molecule has 5 N–H and O–H groups in total. The van der Waals surface area contributed by atoms with Crippen LogP contribution >= 0.6 is 0 Å². The molecule has 0 spiro atoms. The normalized spacial score (nSPS) is 44.6. The lowest BCUT2D eigenvalue weighted by molar-refractivity contribution is -0.335. The Hall–Kier alpha value is -1.89. The Balaban J connectivity index is 1.94. The molecule has 0 aromatic rings. The van der Waals surface area contributed by atoms with Crippen LogP contribution in [0.4, 0.5) is 0 Å². The first-order valence-electron chi connectivity index (χ1n) is 13.6. The van der Waals surface area contributed by atoms with Gasteiger partial charge in [-0.05, 0) is 44.9 Å². The summed E-state index contributed by atoms with van der Waals surface area (Å²) in [5.41, 5.74) is -5.30. The van der Waals surface area contributed by atoms with E-state index in [-0.39, 0.29) is 25.0 Å². The van der Waals surface area contributed by atoms with E-state index in [2.05, 4.69) is 5.32 Å². The van der Waals surface area contributed by atoms with Gasteiger partial charge < -0.3 is 40.0 Å². The van der Waals surface area contributed by atoms with Gasteiger partial charge in [-0.25, -0.2) is 4.79 Å². The van der Waals surface area contributed by atoms with Crippen molar-refractivity contribution < 1.29 is 49.0 Å². The van der Waals surface area contributed by atoms with E-state index in [9.17, 15) is 34.8 Å². The number of esters is 2. The minimum Gasteiger partial charge on any atom is -0.456 e. The summed E-state index contributed by atoms with van der Waals surface area (Å²) in [5, 5.41) is 49.1. The Labute approximate surface area is 228 Å². The van der Waals surface area contributed by atoms with Crippen LogP contribution < -0.4 is 5.32 Å². The number of Topliss-reactive ketones (excluding diaryl/α,β-unsaturated/α-hetero) is 1. The van der Waals surface area contributed by atoms with Crippen molar-refractivity contribution in [2.45, 2.75) is 109 Å². The van der Waals surface area contributed by atoms with Crippen LogP contribution in [0.3, 0.4) is 0 Å². The van der Waals surface area contributed by atoms with E-state index in [1.165, 1.54) is 6.92 Å². The number of ether oxygens (including phenoxy) is 3. The predicted octanol–water partition coefficient (Wildman–Crippen LogP) is 0.0120. The number of nitrogens with one attached hydrogen (secondary N) is 1. The molecular weight excluding hydrogens is 510 g/mol. The van der Waals surface area contributed by atoms with E-state index in [1.54, 1.807) is 48.6 Å². The van der Waals surface area contributed by atoms with Crippen LogP contribution in [-0.4, -0.2) is 99.6 Å². The molecule has 220 valence electrons. The highest BCUT2D eigenvalue weighted by Crippen LogP contribution is 2.64. The quantitative estimate of drug-likeness (QED) is 0.229. The van der Waals surface area contributed by atoms with Gasteiger partial charge in [-0.15, -0.1) is 0 Å². The Morgan fingerprint density at radius 1 is 1.18 bits per heavy atom. The van der Waals surface area contributed by atoms with E-state index in [0.29, 0.717) is 5.57 Å². The second-order valence-electron chi connectivity index (χ2n) is 12.7. The van der Waals surface area contributed by atoms with E-state index in [0.717, 1.165) is 0 Å². The minimum atomic E-state index is -1.70. The van der Waals surface area contributed by atoms with Crippen LogP contribution in [0.25, 0.3) is 0 Å². The molecule has 1 saturated heterocycles. The fraction of sp³-hybridized carbons (Fsp3) is 0.821. The average Bonchev–Trinajstić information content (AvgIpc) is 2.85. The fourth-order valence-electron chi connectivity index (χ4n) is 7.93. The molecule has 1 heterocycles. The second kappa shape index (κ2) is 9.60. The lowest BCUT2D eigenvalue weighted by Crippen LogP contribution is -2.79. The number of fused-ring (bicyclic) bond motifs is 5. The molecular formula is C28H43NO10. The van der Waals surface area contributed by atoms with Crippen LogP contribution in [0.1, 0.15) is 61.3 Å². The van der Waals surface area contributed by atoms with E-state index in [1.807, 2.05) is 0 Å². The molecule has 4 aliphatic rings. The maximum Gasteiger partial charge on any atom is 0.337 e. The zero-order valence-electron chi connectivity index (χ0n) is 24.0. The van der Waals surface area contributed by atoms with Gasteiger partial charge in [0.2, 0.25) is 0 Å². The van der Waals surface area contributed by atoms with Crippen molar-refractivity contribution in [3.8, 4) is 0 Å². The zero-order valence-corrected chi connectivity index (χ0v) is 24.0. The number of hydrogen-bond donors (Lipinski definition) is 5. The number of carbonyl (C=O) groups excluding carboxylic acids is 3. The lowest BCUT2D eigenvalue weighted by atomic mass is 9.43. The molecule has 9 unspecified atom stereocenters. The maximum atomic E-state index is 14.5. The standard InChI is InChI=1S/C28H43NO10/c1-12-16(39-24(34)20(32)14(3)29-8)10-28(36)13(2)22-26(7,17(31)9-18-27(22,35)11-37-18)23(33)21(38-15(4)30)19(12)25(28,5)6/h13-14,16-18,20-22,29,31-32,35-36H,9-11H2,1-8H3/t13?,14?,16?,17?,18?,20?,21?,22?,26-,27+,28?/m1/s1. The molecule has 0 radical (unpaired) electrons. The summed E-state index contributed by atoms with van der Waals surface area (Å²) in [6.45, 7) is 11.1. The molecule has 11 nitrogen and oxygen atoms in total. The summed E-state index contributed by atoms with van der Waals surface area (Å²) in [5.74, 6) is -4.04. The van der Waals surface area contributed by atoms with Gasteiger partial charge in [0, 0.05) is 37.1 Å². The minimum absolute atomic E-state index is 0.0103. The molecule has 1 aliphatic heterocycles. The van der Waals surface area contributed by atoms with Crippen LogP contribution in [0.5, 0.6) is 0 Å². The first-order valence-corrected chi connectivity index (χ1v) is 13.6. The van der Waals surface area contributed by atoms with Gasteiger partial charge in [0.25, 0.3) is 0 Å². The molecule has 3 aliphatic carbocycles. The van der Waals surface area contributed by atoms with Crippen molar-refractivity contribution in [2.75, 3.05) is 13.7 Å². The molecule has 0 aromatic carbocycles. The third-order valence-corrected chi connectivity index (χ3v) is 10.5. The van der Waals surface area contributed by atoms with Gasteiger partial charge in [0.05, 0.1) is 29.8 Å². The molecule has 11 heteroatoms.